The second kappa shape index (κ2) is 7.05. The summed E-state index contributed by atoms with van der Waals surface area (Å²) >= 11 is 0. The van der Waals surface area contributed by atoms with Gasteiger partial charge in [-0.05, 0) is 12.1 Å². The molecule has 0 aromatic heterocycles. The number of anilines is 1. The fourth-order valence-corrected chi connectivity index (χ4v) is 2.08. The molecule has 1 aliphatic heterocycles. The number of primary amides is 1. The Labute approximate surface area is 123 Å². The van der Waals surface area contributed by atoms with E-state index < -0.39 is 12.0 Å². The van der Waals surface area contributed by atoms with Crippen LogP contribution in [0.2, 0.25) is 0 Å². The van der Waals surface area contributed by atoms with Crippen LogP contribution in [-0.2, 0) is 14.3 Å². The molecule has 114 valence electrons. The molecule has 1 aromatic carbocycles. The van der Waals surface area contributed by atoms with E-state index in [0.29, 0.717) is 24.6 Å². The Morgan fingerprint density at radius 2 is 2.24 bits per heavy atom. The second-order valence-electron chi connectivity index (χ2n) is 4.65. The van der Waals surface area contributed by atoms with Crippen LogP contribution in [0.5, 0.6) is 5.75 Å². The van der Waals surface area contributed by atoms with Crippen LogP contribution in [-0.4, -0.2) is 51.3 Å². The van der Waals surface area contributed by atoms with E-state index >= 15 is 0 Å². The van der Waals surface area contributed by atoms with E-state index in [4.69, 9.17) is 15.2 Å². The Balaban J connectivity index is 2.09. The van der Waals surface area contributed by atoms with Crippen LogP contribution in [0.15, 0.2) is 24.3 Å². The van der Waals surface area contributed by atoms with Crippen molar-refractivity contribution in [3.63, 3.8) is 0 Å². The SMILES string of the molecule is COCCNCC(=O)N1CC(C(N)=O)Oc2ccccc21. The number of benzene rings is 1. The van der Waals surface area contributed by atoms with Crippen molar-refractivity contribution in [2.75, 3.05) is 38.3 Å². The second-order valence-corrected chi connectivity index (χ2v) is 4.65. The lowest BCUT2D eigenvalue weighted by Gasteiger charge is -2.33. The predicted molar refractivity (Wildman–Crippen MR) is 77.2 cm³/mol. The summed E-state index contributed by atoms with van der Waals surface area (Å²) in [6.07, 6.45) is -0.831. The van der Waals surface area contributed by atoms with Crippen LogP contribution in [0.3, 0.4) is 0 Å². The van der Waals surface area contributed by atoms with Gasteiger partial charge in [-0.3, -0.25) is 9.59 Å². The molecule has 0 saturated heterocycles. The normalized spacial score (nSPS) is 17.0. The third-order valence-electron chi connectivity index (χ3n) is 3.15. The topological polar surface area (TPSA) is 93.9 Å². The van der Waals surface area contributed by atoms with E-state index in [1.807, 2.05) is 6.07 Å². The molecule has 3 N–H and O–H groups in total. The molecule has 1 heterocycles. The molecule has 0 aliphatic carbocycles. The van der Waals surface area contributed by atoms with Gasteiger partial charge in [0, 0.05) is 13.7 Å². The van der Waals surface area contributed by atoms with Crippen molar-refractivity contribution >= 4 is 17.5 Å². The molecular weight excluding hydrogens is 274 g/mol. The number of hydrogen-bond donors (Lipinski definition) is 2. The van der Waals surface area contributed by atoms with Crippen molar-refractivity contribution in [2.24, 2.45) is 5.73 Å². The first-order valence-electron chi connectivity index (χ1n) is 6.68. The number of carbonyl (C=O) groups excluding carboxylic acids is 2. The van der Waals surface area contributed by atoms with Gasteiger partial charge >= 0.3 is 0 Å². The van der Waals surface area contributed by atoms with Crippen molar-refractivity contribution < 1.29 is 19.1 Å². The maximum Gasteiger partial charge on any atom is 0.260 e. The minimum atomic E-state index is -0.831. The summed E-state index contributed by atoms with van der Waals surface area (Å²) in [4.78, 5) is 25.2. The maximum atomic E-state index is 12.3. The number of ether oxygens (including phenoxy) is 2. The number of nitrogens with one attached hydrogen (secondary N) is 1. The summed E-state index contributed by atoms with van der Waals surface area (Å²) in [6.45, 7) is 1.38. The first-order chi connectivity index (χ1) is 10.1. The smallest absolute Gasteiger partial charge is 0.260 e. The van der Waals surface area contributed by atoms with Crippen molar-refractivity contribution in [2.45, 2.75) is 6.10 Å². The van der Waals surface area contributed by atoms with Gasteiger partial charge in [0.05, 0.1) is 25.4 Å². The molecule has 0 bridgehead atoms. The van der Waals surface area contributed by atoms with E-state index in [0.717, 1.165) is 0 Å². The number of nitrogens with two attached hydrogens (primary N) is 1. The van der Waals surface area contributed by atoms with E-state index in [1.165, 1.54) is 4.90 Å². The number of carbonyl (C=O) groups is 2. The average Bonchev–Trinajstić information content (AvgIpc) is 2.50. The van der Waals surface area contributed by atoms with Crippen molar-refractivity contribution in [1.29, 1.82) is 0 Å². The number of amides is 2. The molecule has 2 rings (SSSR count). The van der Waals surface area contributed by atoms with E-state index in [-0.39, 0.29) is 19.0 Å². The number of methoxy groups -OCH3 is 1. The Morgan fingerprint density at radius 3 is 2.95 bits per heavy atom. The quantitative estimate of drug-likeness (QED) is 0.690. The van der Waals surface area contributed by atoms with Gasteiger partial charge in [0.25, 0.3) is 5.91 Å². The summed E-state index contributed by atoms with van der Waals surface area (Å²) in [5.41, 5.74) is 5.94. The zero-order valence-electron chi connectivity index (χ0n) is 11.9. The first kappa shape index (κ1) is 15.3. The lowest BCUT2D eigenvalue weighted by molar-refractivity contribution is -0.125. The highest BCUT2D eigenvalue weighted by Gasteiger charge is 2.32. The molecule has 0 spiro atoms. The molecule has 0 radical (unpaired) electrons. The highest BCUT2D eigenvalue weighted by atomic mass is 16.5. The Bertz CT molecular complexity index is 521. The van der Waals surface area contributed by atoms with Gasteiger partial charge in [-0.15, -0.1) is 0 Å². The van der Waals surface area contributed by atoms with Gasteiger partial charge in [0.2, 0.25) is 5.91 Å². The Kier molecular flexibility index (Phi) is 5.13. The Hall–Kier alpha value is -2.12. The average molecular weight is 293 g/mol. The van der Waals surface area contributed by atoms with Crippen LogP contribution < -0.4 is 20.7 Å². The lowest BCUT2D eigenvalue weighted by Crippen LogP contribution is -2.51. The molecule has 1 atom stereocenters. The zero-order chi connectivity index (χ0) is 15.2. The van der Waals surface area contributed by atoms with Crippen LogP contribution in [0.25, 0.3) is 0 Å². The zero-order valence-corrected chi connectivity index (χ0v) is 11.9. The van der Waals surface area contributed by atoms with Crippen LogP contribution >= 0.6 is 0 Å². The molecule has 1 unspecified atom stereocenters. The molecule has 7 heteroatoms. The van der Waals surface area contributed by atoms with Gasteiger partial charge in [-0.25, -0.2) is 0 Å². The monoisotopic (exact) mass is 293 g/mol. The molecule has 7 nitrogen and oxygen atoms in total. The van der Waals surface area contributed by atoms with Gasteiger partial charge in [-0.1, -0.05) is 12.1 Å². The summed E-state index contributed by atoms with van der Waals surface area (Å²) in [5, 5.41) is 2.99. The fourth-order valence-electron chi connectivity index (χ4n) is 2.08. The number of hydrogen-bond acceptors (Lipinski definition) is 5. The molecule has 2 amide bonds. The van der Waals surface area contributed by atoms with Gasteiger partial charge < -0.3 is 25.4 Å². The van der Waals surface area contributed by atoms with Crippen LogP contribution in [0.4, 0.5) is 5.69 Å². The summed E-state index contributed by atoms with van der Waals surface area (Å²) < 4.78 is 10.4. The third kappa shape index (κ3) is 3.71. The minimum absolute atomic E-state index is 0.122. The molecular formula is C14H19N3O4. The van der Waals surface area contributed by atoms with Crippen LogP contribution in [0.1, 0.15) is 0 Å². The minimum Gasteiger partial charge on any atom is -0.477 e. The van der Waals surface area contributed by atoms with E-state index in [2.05, 4.69) is 5.32 Å². The maximum absolute atomic E-state index is 12.3. The molecule has 1 aliphatic rings. The Morgan fingerprint density at radius 1 is 1.48 bits per heavy atom. The summed E-state index contributed by atoms with van der Waals surface area (Å²) in [7, 11) is 1.60. The summed E-state index contributed by atoms with van der Waals surface area (Å²) in [5.74, 6) is -0.250. The van der Waals surface area contributed by atoms with Gasteiger partial charge in [0.1, 0.15) is 5.75 Å². The highest BCUT2D eigenvalue weighted by Crippen LogP contribution is 2.32. The standard InChI is InChI=1S/C14H19N3O4/c1-20-7-6-16-8-13(18)17-9-12(14(15)19)21-11-5-3-2-4-10(11)17/h2-5,12,16H,6-9H2,1H3,(H2,15,19). The number of fused-ring (bicyclic) bond motifs is 1. The van der Waals surface area contributed by atoms with E-state index in [1.54, 1.807) is 25.3 Å². The molecule has 21 heavy (non-hydrogen) atoms. The van der Waals surface area contributed by atoms with Gasteiger partial charge in [-0.2, -0.15) is 0 Å². The summed E-state index contributed by atoms with van der Waals surface area (Å²) in [6, 6.07) is 7.08. The third-order valence-corrected chi connectivity index (χ3v) is 3.15. The molecule has 0 saturated carbocycles. The number of nitrogens with zero attached hydrogens (tertiary/aromatic N) is 1. The fraction of sp³-hybridized carbons (Fsp3) is 0.429. The highest BCUT2D eigenvalue weighted by molar-refractivity contribution is 5.98. The van der Waals surface area contributed by atoms with Crippen molar-refractivity contribution in [3.8, 4) is 5.75 Å². The largest absolute Gasteiger partial charge is 0.477 e. The van der Waals surface area contributed by atoms with Crippen molar-refractivity contribution in [3.05, 3.63) is 24.3 Å². The van der Waals surface area contributed by atoms with Crippen LogP contribution in [0, 0.1) is 0 Å². The number of rotatable bonds is 6. The van der Waals surface area contributed by atoms with Crippen molar-refractivity contribution in [1.82, 2.24) is 5.32 Å². The first-order valence-corrected chi connectivity index (χ1v) is 6.68. The number of para-hydroxylation sites is 2. The lowest BCUT2D eigenvalue weighted by atomic mass is 10.1. The molecule has 1 aromatic rings. The van der Waals surface area contributed by atoms with E-state index in [9.17, 15) is 9.59 Å². The predicted octanol–water partition coefficient (Wildman–Crippen LogP) is -0.498. The van der Waals surface area contributed by atoms with Gasteiger partial charge in [0.15, 0.2) is 6.10 Å². The molecule has 0 fully saturated rings.